The summed E-state index contributed by atoms with van der Waals surface area (Å²) >= 11 is 0. The van der Waals surface area contributed by atoms with Crippen molar-refractivity contribution in [2.45, 2.75) is 34.1 Å². The highest BCUT2D eigenvalue weighted by molar-refractivity contribution is 5.64. The molecular weight excluding hydrogens is 246 g/mol. The highest BCUT2D eigenvalue weighted by Crippen LogP contribution is 2.23. The number of benzene rings is 1. The van der Waals surface area contributed by atoms with Crippen LogP contribution in [0.4, 0.5) is 0 Å². The Bertz CT molecular complexity index is 605. The zero-order chi connectivity index (χ0) is 14.7. The summed E-state index contributed by atoms with van der Waals surface area (Å²) in [7, 11) is 0. The minimum atomic E-state index is 0.406. The number of aromatic nitrogens is 2. The smallest absolute Gasteiger partial charge is 0.129 e. The van der Waals surface area contributed by atoms with E-state index in [9.17, 15) is 0 Å². The molecule has 0 aliphatic carbocycles. The average molecular weight is 269 g/mol. The molecule has 1 aromatic carbocycles. The van der Waals surface area contributed by atoms with Gasteiger partial charge < -0.3 is 5.73 Å². The Hall–Kier alpha value is -1.74. The lowest BCUT2D eigenvalue weighted by Gasteiger charge is -2.11. The van der Waals surface area contributed by atoms with Crippen molar-refractivity contribution >= 4 is 0 Å². The molecule has 1 atom stereocenters. The van der Waals surface area contributed by atoms with Crippen LogP contribution in [0.25, 0.3) is 11.3 Å². The second-order valence-corrected chi connectivity index (χ2v) is 5.67. The van der Waals surface area contributed by atoms with E-state index in [2.05, 4.69) is 50.0 Å². The third-order valence-corrected chi connectivity index (χ3v) is 3.50. The summed E-state index contributed by atoms with van der Waals surface area (Å²) in [5, 5.41) is 0. The average Bonchev–Trinajstić information content (AvgIpc) is 2.40. The van der Waals surface area contributed by atoms with E-state index in [1.165, 1.54) is 16.7 Å². The summed E-state index contributed by atoms with van der Waals surface area (Å²) < 4.78 is 0. The second kappa shape index (κ2) is 6.14. The fourth-order valence-corrected chi connectivity index (χ4v) is 2.27. The molecule has 0 fully saturated rings. The van der Waals surface area contributed by atoms with Gasteiger partial charge in [-0.3, -0.25) is 0 Å². The molecule has 0 spiro atoms. The van der Waals surface area contributed by atoms with Crippen LogP contribution in [-0.2, 0) is 6.42 Å². The van der Waals surface area contributed by atoms with Crippen LogP contribution in [0.3, 0.4) is 0 Å². The lowest BCUT2D eigenvalue weighted by molar-refractivity contribution is 0.573. The van der Waals surface area contributed by atoms with E-state index in [1.54, 1.807) is 0 Å². The third kappa shape index (κ3) is 3.42. The molecule has 0 saturated carbocycles. The summed E-state index contributed by atoms with van der Waals surface area (Å²) in [5.74, 6) is 1.29. The van der Waals surface area contributed by atoms with Crippen LogP contribution in [0.5, 0.6) is 0 Å². The normalized spacial score (nSPS) is 12.4. The van der Waals surface area contributed by atoms with Crippen LogP contribution in [0.2, 0.25) is 0 Å². The third-order valence-electron chi connectivity index (χ3n) is 3.50. The monoisotopic (exact) mass is 269 g/mol. The predicted molar refractivity (Wildman–Crippen MR) is 83.6 cm³/mol. The van der Waals surface area contributed by atoms with Gasteiger partial charge in [-0.1, -0.05) is 24.6 Å². The molecule has 0 bridgehead atoms. The summed E-state index contributed by atoms with van der Waals surface area (Å²) in [4.78, 5) is 9.26. The maximum Gasteiger partial charge on any atom is 0.129 e. The molecule has 0 radical (unpaired) electrons. The molecule has 1 unspecified atom stereocenters. The molecule has 0 amide bonds. The number of aryl methyl sites for hydroxylation is 3. The van der Waals surface area contributed by atoms with E-state index in [0.29, 0.717) is 12.5 Å². The second-order valence-electron chi connectivity index (χ2n) is 5.67. The fraction of sp³-hybridized carbons (Fsp3) is 0.412. The van der Waals surface area contributed by atoms with Crippen molar-refractivity contribution in [2.24, 2.45) is 11.7 Å². The molecule has 3 heteroatoms. The molecule has 106 valence electrons. The van der Waals surface area contributed by atoms with Crippen molar-refractivity contribution in [3.05, 3.63) is 46.9 Å². The minimum absolute atomic E-state index is 0.406. The Morgan fingerprint density at radius 2 is 1.85 bits per heavy atom. The number of hydrogen-bond acceptors (Lipinski definition) is 3. The Morgan fingerprint density at radius 3 is 2.55 bits per heavy atom. The Labute approximate surface area is 121 Å². The van der Waals surface area contributed by atoms with E-state index < -0.39 is 0 Å². The van der Waals surface area contributed by atoms with Crippen molar-refractivity contribution in [1.29, 1.82) is 0 Å². The van der Waals surface area contributed by atoms with Gasteiger partial charge in [0, 0.05) is 17.7 Å². The SMILES string of the molecule is Cc1ccc(C)c(-c2cc(C)nc(CC(C)CN)n2)c1. The maximum atomic E-state index is 5.70. The van der Waals surface area contributed by atoms with Crippen LogP contribution in [0, 0.1) is 26.7 Å². The highest BCUT2D eigenvalue weighted by atomic mass is 14.9. The number of nitrogens with zero attached hydrogens (tertiary/aromatic N) is 2. The molecule has 0 saturated heterocycles. The van der Waals surface area contributed by atoms with Gasteiger partial charge >= 0.3 is 0 Å². The molecular formula is C17H23N3. The van der Waals surface area contributed by atoms with Gasteiger partial charge in [0.05, 0.1) is 5.69 Å². The molecule has 20 heavy (non-hydrogen) atoms. The number of rotatable bonds is 4. The van der Waals surface area contributed by atoms with Crippen molar-refractivity contribution in [2.75, 3.05) is 6.54 Å². The van der Waals surface area contributed by atoms with Gasteiger partial charge in [-0.25, -0.2) is 9.97 Å². The molecule has 2 rings (SSSR count). The predicted octanol–water partition coefficient (Wildman–Crippen LogP) is 3.21. The molecule has 3 nitrogen and oxygen atoms in total. The molecule has 0 aliphatic rings. The molecule has 2 N–H and O–H groups in total. The number of hydrogen-bond donors (Lipinski definition) is 1. The first-order chi connectivity index (χ1) is 9.49. The van der Waals surface area contributed by atoms with Crippen LogP contribution in [-0.4, -0.2) is 16.5 Å². The lowest BCUT2D eigenvalue weighted by atomic mass is 10.0. The van der Waals surface area contributed by atoms with Gasteiger partial charge in [0.1, 0.15) is 5.82 Å². The zero-order valence-electron chi connectivity index (χ0n) is 12.8. The van der Waals surface area contributed by atoms with Gasteiger partial charge in [0.2, 0.25) is 0 Å². The fourth-order valence-electron chi connectivity index (χ4n) is 2.27. The van der Waals surface area contributed by atoms with Crippen LogP contribution < -0.4 is 5.73 Å². The molecule has 2 aromatic rings. The minimum Gasteiger partial charge on any atom is -0.330 e. The van der Waals surface area contributed by atoms with Gasteiger partial charge in [-0.05, 0) is 50.9 Å². The van der Waals surface area contributed by atoms with Gasteiger partial charge in [-0.2, -0.15) is 0 Å². The van der Waals surface area contributed by atoms with E-state index >= 15 is 0 Å². The van der Waals surface area contributed by atoms with Gasteiger partial charge in [0.25, 0.3) is 0 Å². The van der Waals surface area contributed by atoms with E-state index in [4.69, 9.17) is 10.7 Å². The van der Waals surface area contributed by atoms with Gasteiger partial charge in [0.15, 0.2) is 0 Å². The van der Waals surface area contributed by atoms with E-state index in [0.717, 1.165) is 23.6 Å². The Balaban J connectivity index is 2.44. The van der Waals surface area contributed by atoms with Crippen molar-refractivity contribution in [3.63, 3.8) is 0 Å². The largest absolute Gasteiger partial charge is 0.330 e. The molecule has 0 aliphatic heterocycles. The molecule has 1 heterocycles. The van der Waals surface area contributed by atoms with Crippen LogP contribution in [0.1, 0.15) is 29.6 Å². The van der Waals surface area contributed by atoms with Crippen molar-refractivity contribution in [1.82, 2.24) is 9.97 Å². The first-order valence-corrected chi connectivity index (χ1v) is 7.12. The van der Waals surface area contributed by atoms with E-state index in [-0.39, 0.29) is 0 Å². The Kier molecular flexibility index (Phi) is 4.50. The quantitative estimate of drug-likeness (QED) is 0.927. The van der Waals surface area contributed by atoms with E-state index in [1.807, 2.05) is 6.92 Å². The maximum absolute atomic E-state index is 5.70. The first kappa shape index (κ1) is 14.7. The van der Waals surface area contributed by atoms with Gasteiger partial charge in [-0.15, -0.1) is 0 Å². The lowest BCUT2D eigenvalue weighted by Crippen LogP contribution is -2.15. The van der Waals surface area contributed by atoms with Crippen molar-refractivity contribution in [3.8, 4) is 11.3 Å². The van der Waals surface area contributed by atoms with Crippen LogP contribution >= 0.6 is 0 Å². The summed E-state index contributed by atoms with van der Waals surface area (Å²) in [6.07, 6.45) is 0.829. The summed E-state index contributed by atoms with van der Waals surface area (Å²) in [5.41, 5.74) is 11.4. The van der Waals surface area contributed by atoms with Crippen molar-refractivity contribution < 1.29 is 0 Å². The van der Waals surface area contributed by atoms with Crippen LogP contribution in [0.15, 0.2) is 24.3 Å². The Morgan fingerprint density at radius 1 is 1.10 bits per heavy atom. The summed E-state index contributed by atoms with van der Waals surface area (Å²) in [6, 6.07) is 8.51. The molecule has 1 aromatic heterocycles. The zero-order valence-corrected chi connectivity index (χ0v) is 12.8. The summed E-state index contributed by atoms with van der Waals surface area (Å²) in [6.45, 7) is 9.04. The standard InChI is InChI=1S/C17H23N3/c1-11-5-6-13(3)15(7-11)16-9-14(4)19-17(20-16)8-12(2)10-18/h5-7,9,12H,8,10,18H2,1-4H3. The topological polar surface area (TPSA) is 51.8 Å². The number of nitrogens with two attached hydrogens (primary N) is 1. The first-order valence-electron chi connectivity index (χ1n) is 7.12. The highest BCUT2D eigenvalue weighted by Gasteiger charge is 2.10.